The van der Waals surface area contributed by atoms with E-state index in [-0.39, 0.29) is 0 Å². The van der Waals surface area contributed by atoms with Gasteiger partial charge in [0.2, 0.25) is 0 Å². The van der Waals surface area contributed by atoms with Crippen LogP contribution in [0.25, 0.3) is 0 Å². The Labute approximate surface area is 90.9 Å². The zero-order chi connectivity index (χ0) is 9.97. The summed E-state index contributed by atoms with van der Waals surface area (Å²) >= 11 is 1.90. The van der Waals surface area contributed by atoms with Gasteiger partial charge in [0.1, 0.15) is 0 Å². The van der Waals surface area contributed by atoms with Gasteiger partial charge in [-0.1, -0.05) is 38.5 Å². The molecule has 0 radical (unpaired) electrons. The Kier molecular flexibility index (Phi) is 3.37. The Bertz CT molecular complexity index is 223. The Morgan fingerprint density at radius 3 is 2.86 bits per heavy atom. The summed E-state index contributed by atoms with van der Waals surface area (Å²) in [5.74, 6) is 1.01. The second-order valence-corrected chi connectivity index (χ2v) is 5.93. The van der Waals surface area contributed by atoms with Crippen LogP contribution in [0, 0.1) is 5.92 Å². The molecule has 0 spiro atoms. The van der Waals surface area contributed by atoms with Gasteiger partial charge in [-0.25, -0.2) is 0 Å². The van der Waals surface area contributed by atoms with Gasteiger partial charge in [-0.3, -0.25) is 4.99 Å². The molecule has 0 aromatic carbocycles. The number of nitrogens with one attached hydrogen (secondary N) is 1. The van der Waals surface area contributed by atoms with Crippen LogP contribution in [0.1, 0.15) is 39.5 Å². The molecule has 1 aliphatic carbocycles. The minimum Gasteiger partial charge on any atom is -0.362 e. The van der Waals surface area contributed by atoms with E-state index in [1.807, 2.05) is 11.8 Å². The SMILES string of the molecule is CCC(CC1CC1)NC1=NCC(C)S1. The lowest BCUT2D eigenvalue weighted by Gasteiger charge is -2.17. The molecular weight excluding hydrogens is 192 g/mol. The summed E-state index contributed by atoms with van der Waals surface area (Å²) in [5.41, 5.74) is 0. The van der Waals surface area contributed by atoms with Crippen molar-refractivity contribution >= 4 is 16.9 Å². The summed E-state index contributed by atoms with van der Waals surface area (Å²) in [5, 5.41) is 5.44. The first-order valence-electron chi connectivity index (χ1n) is 5.75. The molecule has 0 saturated heterocycles. The molecule has 0 aromatic heterocycles. The van der Waals surface area contributed by atoms with Gasteiger partial charge < -0.3 is 5.32 Å². The van der Waals surface area contributed by atoms with E-state index in [2.05, 4.69) is 24.2 Å². The van der Waals surface area contributed by atoms with Crippen LogP contribution < -0.4 is 5.32 Å². The maximum atomic E-state index is 4.50. The number of hydrogen-bond acceptors (Lipinski definition) is 3. The first-order chi connectivity index (χ1) is 6.78. The molecule has 1 saturated carbocycles. The smallest absolute Gasteiger partial charge is 0.157 e. The van der Waals surface area contributed by atoms with Gasteiger partial charge in [0, 0.05) is 11.3 Å². The third-order valence-electron chi connectivity index (χ3n) is 2.94. The predicted molar refractivity (Wildman–Crippen MR) is 63.9 cm³/mol. The fourth-order valence-corrected chi connectivity index (χ4v) is 2.73. The molecule has 1 aliphatic heterocycles. The van der Waals surface area contributed by atoms with Crippen LogP contribution in [0.3, 0.4) is 0 Å². The van der Waals surface area contributed by atoms with Gasteiger partial charge in [-0.2, -0.15) is 0 Å². The van der Waals surface area contributed by atoms with Crippen molar-refractivity contribution in [2.75, 3.05) is 6.54 Å². The van der Waals surface area contributed by atoms with Gasteiger partial charge >= 0.3 is 0 Å². The third kappa shape index (κ3) is 2.91. The monoisotopic (exact) mass is 212 g/mol. The molecule has 2 atom stereocenters. The summed E-state index contributed by atoms with van der Waals surface area (Å²) < 4.78 is 0. The zero-order valence-electron chi connectivity index (χ0n) is 9.12. The molecular formula is C11H20N2S. The van der Waals surface area contributed by atoms with Crippen molar-refractivity contribution in [2.45, 2.75) is 50.8 Å². The van der Waals surface area contributed by atoms with E-state index in [4.69, 9.17) is 0 Å². The lowest BCUT2D eigenvalue weighted by atomic mass is 10.1. The second-order valence-electron chi connectivity index (χ2n) is 4.50. The van der Waals surface area contributed by atoms with Crippen LogP contribution in [0.2, 0.25) is 0 Å². The lowest BCUT2D eigenvalue weighted by molar-refractivity contribution is 0.513. The molecule has 0 bridgehead atoms. The number of aliphatic imine (C=N–C) groups is 1. The topological polar surface area (TPSA) is 24.4 Å². The number of nitrogens with zero attached hydrogens (tertiary/aromatic N) is 1. The van der Waals surface area contributed by atoms with Gasteiger partial charge in [0.15, 0.2) is 5.17 Å². The Morgan fingerprint density at radius 1 is 1.57 bits per heavy atom. The molecule has 14 heavy (non-hydrogen) atoms. The molecule has 0 aromatic rings. The number of thioether (sulfide) groups is 1. The molecule has 3 heteroatoms. The van der Waals surface area contributed by atoms with Crippen molar-refractivity contribution in [2.24, 2.45) is 10.9 Å². The van der Waals surface area contributed by atoms with Crippen molar-refractivity contribution < 1.29 is 0 Å². The van der Waals surface area contributed by atoms with Crippen molar-refractivity contribution in [3.63, 3.8) is 0 Å². The quantitative estimate of drug-likeness (QED) is 0.774. The van der Waals surface area contributed by atoms with Crippen LogP contribution in [0.15, 0.2) is 4.99 Å². The van der Waals surface area contributed by atoms with Crippen molar-refractivity contribution in [1.82, 2.24) is 5.32 Å². The van der Waals surface area contributed by atoms with Crippen LogP contribution in [0.4, 0.5) is 0 Å². The van der Waals surface area contributed by atoms with Crippen molar-refractivity contribution in [3.8, 4) is 0 Å². The van der Waals surface area contributed by atoms with Gasteiger partial charge in [0.25, 0.3) is 0 Å². The molecule has 2 aliphatic rings. The second kappa shape index (κ2) is 4.56. The van der Waals surface area contributed by atoms with Crippen LogP contribution in [-0.2, 0) is 0 Å². The summed E-state index contributed by atoms with van der Waals surface area (Å²) in [4.78, 5) is 4.50. The van der Waals surface area contributed by atoms with E-state index in [1.54, 1.807) is 0 Å². The minimum atomic E-state index is 0.666. The highest BCUT2D eigenvalue weighted by Crippen LogP contribution is 2.34. The van der Waals surface area contributed by atoms with E-state index >= 15 is 0 Å². The molecule has 0 amide bonds. The van der Waals surface area contributed by atoms with E-state index in [0.717, 1.165) is 12.5 Å². The van der Waals surface area contributed by atoms with Crippen LogP contribution in [0.5, 0.6) is 0 Å². The average Bonchev–Trinajstić information content (AvgIpc) is 2.89. The number of rotatable bonds is 4. The molecule has 2 nitrogen and oxygen atoms in total. The molecule has 80 valence electrons. The van der Waals surface area contributed by atoms with E-state index in [0.29, 0.717) is 11.3 Å². The molecule has 1 fully saturated rings. The Balaban J connectivity index is 1.75. The van der Waals surface area contributed by atoms with Crippen LogP contribution in [-0.4, -0.2) is 23.0 Å². The Hall–Kier alpha value is -0.180. The van der Waals surface area contributed by atoms with Gasteiger partial charge in [-0.05, 0) is 18.8 Å². The fourth-order valence-electron chi connectivity index (χ4n) is 1.81. The first kappa shape index (κ1) is 10.3. The predicted octanol–water partition coefficient (Wildman–Crippen LogP) is 2.65. The number of amidine groups is 1. The maximum absolute atomic E-state index is 4.50. The molecule has 2 rings (SSSR count). The van der Waals surface area contributed by atoms with Crippen molar-refractivity contribution in [3.05, 3.63) is 0 Å². The zero-order valence-corrected chi connectivity index (χ0v) is 9.94. The molecule has 2 unspecified atom stereocenters. The van der Waals surface area contributed by atoms with E-state index in [9.17, 15) is 0 Å². The summed E-state index contributed by atoms with van der Waals surface area (Å²) in [7, 11) is 0. The molecule has 1 heterocycles. The maximum Gasteiger partial charge on any atom is 0.157 e. The Morgan fingerprint density at radius 2 is 2.36 bits per heavy atom. The lowest BCUT2D eigenvalue weighted by Crippen LogP contribution is -2.32. The number of hydrogen-bond donors (Lipinski definition) is 1. The van der Waals surface area contributed by atoms with Crippen LogP contribution >= 0.6 is 11.8 Å². The normalized spacial score (nSPS) is 28.7. The highest BCUT2D eigenvalue weighted by Gasteiger charge is 2.26. The highest BCUT2D eigenvalue weighted by molar-refractivity contribution is 8.14. The minimum absolute atomic E-state index is 0.666. The third-order valence-corrected chi connectivity index (χ3v) is 3.96. The largest absolute Gasteiger partial charge is 0.362 e. The summed E-state index contributed by atoms with van der Waals surface area (Å²) in [6.07, 6.45) is 5.48. The first-order valence-corrected chi connectivity index (χ1v) is 6.63. The van der Waals surface area contributed by atoms with E-state index < -0.39 is 0 Å². The van der Waals surface area contributed by atoms with E-state index in [1.165, 1.54) is 30.9 Å². The summed E-state index contributed by atoms with van der Waals surface area (Å²) in [6, 6.07) is 0.666. The van der Waals surface area contributed by atoms with Crippen molar-refractivity contribution in [1.29, 1.82) is 0 Å². The standard InChI is InChI=1S/C11H20N2S/c1-3-10(6-9-4-5-9)13-11-12-7-8(2)14-11/h8-10H,3-7H2,1-2H3,(H,12,13). The summed E-state index contributed by atoms with van der Waals surface area (Å²) in [6.45, 7) is 5.50. The fraction of sp³-hybridized carbons (Fsp3) is 0.909. The molecule has 1 N–H and O–H groups in total. The van der Waals surface area contributed by atoms with Gasteiger partial charge in [0.05, 0.1) is 6.54 Å². The highest BCUT2D eigenvalue weighted by atomic mass is 32.2. The van der Waals surface area contributed by atoms with Gasteiger partial charge in [-0.15, -0.1) is 0 Å². The average molecular weight is 212 g/mol.